The SMILES string of the molecule is COc1cccc(C(=O)Oc2ccc(C(=O)COC(=O)c3ccccc3N3C(=O)c4ccc(Br)cc4C3=O)cc2)c1. The molecule has 0 N–H and O–H groups in total. The zero-order valence-corrected chi connectivity index (χ0v) is 23.0. The Morgan fingerprint density at radius 2 is 1.46 bits per heavy atom. The van der Waals surface area contributed by atoms with Crippen LogP contribution in [0.5, 0.6) is 11.5 Å². The van der Waals surface area contributed by atoms with Gasteiger partial charge < -0.3 is 14.2 Å². The van der Waals surface area contributed by atoms with Crippen molar-refractivity contribution in [3.05, 3.63) is 123 Å². The van der Waals surface area contributed by atoms with Crippen molar-refractivity contribution < 1.29 is 38.2 Å². The van der Waals surface area contributed by atoms with Gasteiger partial charge in [-0.3, -0.25) is 14.4 Å². The zero-order valence-electron chi connectivity index (χ0n) is 21.5. The number of hydrogen-bond donors (Lipinski definition) is 0. The van der Waals surface area contributed by atoms with Gasteiger partial charge >= 0.3 is 11.9 Å². The number of carbonyl (C=O) groups is 5. The number of rotatable bonds is 8. The summed E-state index contributed by atoms with van der Waals surface area (Å²) in [5.41, 5.74) is 0.946. The molecule has 1 heterocycles. The molecule has 1 aliphatic heterocycles. The van der Waals surface area contributed by atoms with Crippen molar-refractivity contribution in [2.24, 2.45) is 0 Å². The van der Waals surface area contributed by atoms with E-state index in [2.05, 4.69) is 15.9 Å². The molecule has 5 rings (SSSR count). The van der Waals surface area contributed by atoms with Crippen LogP contribution in [0.25, 0.3) is 0 Å². The Morgan fingerprint density at radius 3 is 2.22 bits per heavy atom. The normalized spacial score (nSPS) is 12.1. The number of esters is 2. The van der Waals surface area contributed by atoms with E-state index in [-0.39, 0.29) is 33.7 Å². The predicted molar refractivity (Wildman–Crippen MR) is 151 cm³/mol. The topological polar surface area (TPSA) is 116 Å². The van der Waals surface area contributed by atoms with E-state index < -0.39 is 36.1 Å². The molecule has 2 amide bonds. The number of benzene rings is 4. The summed E-state index contributed by atoms with van der Waals surface area (Å²) in [4.78, 5) is 65.0. The van der Waals surface area contributed by atoms with Crippen LogP contribution in [-0.4, -0.2) is 43.3 Å². The lowest BCUT2D eigenvalue weighted by molar-refractivity contribution is 0.0475. The first-order valence-corrected chi connectivity index (χ1v) is 13.0. The monoisotopic (exact) mass is 613 g/mol. The Kier molecular flexibility index (Phi) is 7.75. The maximum absolute atomic E-state index is 13.0. The van der Waals surface area contributed by atoms with Gasteiger partial charge in [-0.2, -0.15) is 0 Å². The quantitative estimate of drug-likeness (QED) is 0.110. The van der Waals surface area contributed by atoms with Crippen LogP contribution in [-0.2, 0) is 4.74 Å². The second-order valence-corrected chi connectivity index (χ2v) is 9.71. The molecule has 10 heteroatoms. The third kappa shape index (κ3) is 5.64. The van der Waals surface area contributed by atoms with Crippen LogP contribution in [0.3, 0.4) is 0 Å². The second kappa shape index (κ2) is 11.6. The van der Waals surface area contributed by atoms with E-state index in [0.717, 1.165) is 4.90 Å². The number of methoxy groups -OCH3 is 1. The number of ether oxygens (including phenoxy) is 3. The molecule has 0 spiro atoms. The smallest absolute Gasteiger partial charge is 0.343 e. The predicted octanol–water partition coefficient (Wildman–Crippen LogP) is 5.52. The fourth-order valence-electron chi connectivity index (χ4n) is 4.19. The molecule has 0 atom stereocenters. The van der Waals surface area contributed by atoms with Crippen molar-refractivity contribution in [2.75, 3.05) is 18.6 Å². The van der Waals surface area contributed by atoms with E-state index >= 15 is 0 Å². The first kappa shape index (κ1) is 27.5. The third-order valence-electron chi connectivity index (χ3n) is 6.24. The fraction of sp³-hybridized carbons (Fsp3) is 0.0645. The molecule has 204 valence electrons. The number of anilines is 1. The summed E-state index contributed by atoms with van der Waals surface area (Å²) in [5.74, 6) is -2.40. The maximum atomic E-state index is 13.0. The van der Waals surface area contributed by atoms with Gasteiger partial charge in [-0.05, 0) is 72.8 Å². The number of halogens is 1. The average Bonchev–Trinajstić information content (AvgIpc) is 3.24. The largest absolute Gasteiger partial charge is 0.497 e. The Morgan fingerprint density at radius 1 is 0.732 bits per heavy atom. The number of hydrogen-bond acceptors (Lipinski definition) is 8. The van der Waals surface area contributed by atoms with Gasteiger partial charge in [-0.15, -0.1) is 0 Å². The lowest BCUT2D eigenvalue weighted by Gasteiger charge is -2.17. The van der Waals surface area contributed by atoms with Crippen molar-refractivity contribution in [3.8, 4) is 11.5 Å². The minimum Gasteiger partial charge on any atom is -0.497 e. The molecule has 9 nitrogen and oxygen atoms in total. The Hall–Kier alpha value is -5.09. The number of nitrogens with zero attached hydrogens (tertiary/aromatic N) is 1. The van der Waals surface area contributed by atoms with Gasteiger partial charge in [-0.1, -0.05) is 34.1 Å². The third-order valence-corrected chi connectivity index (χ3v) is 6.73. The highest BCUT2D eigenvalue weighted by atomic mass is 79.9. The molecule has 0 aliphatic carbocycles. The Bertz CT molecular complexity index is 1710. The molecule has 41 heavy (non-hydrogen) atoms. The molecule has 1 aliphatic rings. The highest BCUT2D eigenvalue weighted by Crippen LogP contribution is 2.32. The number of amides is 2. The van der Waals surface area contributed by atoms with Crippen LogP contribution in [0.1, 0.15) is 51.8 Å². The van der Waals surface area contributed by atoms with E-state index in [1.165, 1.54) is 49.6 Å². The van der Waals surface area contributed by atoms with Gasteiger partial charge in [0.15, 0.2) is 12.4 Å². The van der Waals surface area contributed by atoms with Gasteiger partial charge in [0, 0.05) is 10.0 Å². The molecule has 4 aromatic rings. The minimum absolute atomic E-state index is 0.0475. The molecule has 0 saturated carbocycles. The van der Waals surface area contributed by atoms with Crippen LogP contribution in [0.15, 0.2) is 95.5 Å². The number of carbonyl (C=O) groups excluding carboxylic acids is 5. The van der Waals surface area contributed by atoms with Crippen molar-refractivity contribution >= 4 is 51.2 Å². The van der Waals surface area contributed by atoms with E-state index in [1.807, 2.05) is 0 Å². The summed E-state index contributed by atoms with van der Waals surface area (Å²) in [6, 6.07) is 23.0. The molecule has 0 unspecified atom stereocenters. The summed E-state index contributed by atoms with van der Waals surface area (Å²) < 4.78 is 16.3. The Balaban J connectivity index is 1.24. The summed E-state index contributed by atoms with van der Waals surface area (Å²) in [6.45, 7) is -0.592. The molecule has 0 aromatic heterocycles. The minimum atomic E-state index is -0.879. The molecule has 0 bridgehead atoms. The average molecular weight is 614 g/mol. The van der Waals surface area contributed by atoms with Crippen molar-refractivity contribution in [2.45, 2.75) is 0 Å². The number of Topliss-reactive ketones (excluding diaryl/α,β-unsaturated/α-hetero) is 1. The maximum Gasteiger partial charge on any atom is 0.343 e. The molecule has 4 aromatic carbocycles. The van der Waals surface area contributed by atoms with Crippen molar-refractivity contribution in [1.82, 2.24) is 0 Å². The number of para-hydroxylation sites is 1. The van der Waals surface area contributed by atoms with E-state index in [0.29, 0.717) is 15.8 Å². The molecular formula is C31H20BrNO8. The van der Waals surface area contributed by atoms with Crippen molar-refractivity contribution in [3.63, 3.8) is 0 Å². The zero-order chi connectivity index (χ0) is 29.1. The summed E-state index contributed by atoms with van der Waals surface area (Å²) in [7, 11) is 1.49. The lowest BCUT2D eigenvalue weighted by atomic mass is 10.1. The number of imide groups is 1. The van der Waals surface area contributed by atoms with Gasteiger partial charge in [0.05, 0.1) is 35.1 Å². The van der Waals surface area contributed by atoms with Gasteiger partial charge in [0.2, 0.25) is 0 Å². The van der Waals surface area contributed by atoms with Crippen LogP contribution < -0.4 is 14.4 Å². The highest BCUT2D eigenvalue weighted by molar-refractivity contribution is 9.10. The fourth-order valence-corrected chi connectivity index (χ4v) is 4.55. The molecule has 0 radical (unpaired) electrons. The van der Waals surface area contributed by atoms with Crippen LogP contribution in [0, 0.1) is 0 Å². The van der Waals surface area contributed by atoms with E-state index in [4.69, 9.17) is 14.2 Å². The van der Waals surface area contributed by atoms with E-state index in [1.54, 1.807) is 48.5 Å². The Labute approximate surface area is 242 Å². The molecule has 0 saturated heterocycles. The van der Waals surface area contributed by atoms with Gasteiger partial charge in [0.25, 0.3) is 11.8 Å². The first-order valence-electron chi connectivity index (χ1n) is 12.2. The summed E-state index contributed by atoms with van der Waals surface area (Å²) >= 11 is 3.29. The standard InChI is InChI=1S/C31H20BrNO8/c1-39-22-6-4-5-19(15-22)30(37)41-21-12-9-18(10-13-21)27(34)17-40-31(38)24-7-2-3-8-26(24)33-28(35)23-14-11-20(32)16-25(23)29(33)36/h2-16H,17H2,1H3. The van der Waals surface area contributed by atoms with Gasteiger partial charge in [0.1, 0.15) is 11.5 Å². The number of ketones is 1. The lowest BCUT2D eigenvalue weighted by Crippen LogP contribution is -2.31. The van der Waals surface area contributed by atoms with E-state index in [9.17, 15) is 24.0 Å². The second-order valence-electron chi connectivity index (χ2n) is 8.80. The first-order chi connectivity index (χ1) is 19.8. The van der Waals surface area contributed by atoms with Crippen LogP contribution in [0.4, 0.5) is 5.69 Å². The van der Waals surface area contributed by atoms with Gasteiger partial charge in [-0.25, -0.2) is 14.5 Å². The van der Waals surface area contributed by atoms with Crippen molar-refractivity contribution in [1.29, 1.82) is 0 Å². The highest BCUT2D eigenvalue weighted by Gasteiger charge is 2.38. The summed E-state index contributed by atoms with van der Waals surface area (Å²) in [6.07, 6.45) is 0. The molecule has 0 fully saturated rings. The van der Waals surface area contributed by atoms with Crippen LogP contribution in [0.2, 0.25) is 0 Å². The van der Waals surface area contributed by atoms with Crippen LogP contribution >= 0.6 is 15.9 Å². The molecular weight excluding hydrogens is 594 g/mol. The number of fused-ring (bicyclic) bond motifs is 1. The summed E-state index contributed by atoms with van der Waals surface area (Å²) in [5, 5.41) is 0.